The Labute approximate surface area is 131 Å². The molecule has 114 valence electrons. The summed E-state index contributed by atoms with van der Waals surface area (Å²) in [5.41, 5.74) is 1.54. The van der Waals surface area contributed by atoms with Gasteiger partial charge in [-0.15, -0.1) is 5.10 Å². The summed E-state index contributed by atoms with van der Waals surface area (Å²) in [6, 6.07) is 9.48. The minimum atomic E-state index is -0.872. The van der Waals surface area contributed by atoms with Crippen molar-refractivity contribution in [3.8, 4) is 0 Å². The van der Waals surface area contributed by atoms with Crippen LogP contribution in [0.3, 0.4) is 0 Å². The van der Waals surface area contributed by atoms with Gasteiger partial charge in [0.15, 0.2) is 0 Å². The Hall–Kier alpha value is -2.28. The number of rotatable bonds is 3. The van der Waals surface area contributed by atoms with E-state index in [1.54, 1.807) is 11.8 Å². The number of nitrogens with zero attached hydrogens (tertiary/aromatic N) is 3. The number of aryl methyl sites for hydroxylation is 1. The lowest BCUT2D eigenvalue weighted by Crippen LogP contribution is -2.29. The zero-order valence-electron chi connectivity index (χ0n) is 12.0. The van der Waals surface area contributed by atoms with Gasteiger partial charge in [-0.05, 0) is 24.0 Å². The van der Waals surface area contributed by atoms with Crippen LogP contribution in [0.25, 0.3) is 0 Å². The molecule has 1 aliphatic rings. The summed E-state index contributed by atoms with van der Waals surface area (Å²) in [6.45, 7) is 2.35. The van der Waals surface area contributed by atoms with E-state index in [2.05, 4.69) is 9.59 Å². The van der Waals surface area contributed by atoms with Gasteiger partial charge in [0.05, 0.1) is 11.6 Å². The Morgan fingerprint density at radius 1 is 1.27 bits per heavy atom. The third-order valence-corrected chi connectivity index (χ3v) is 4.81. The zero-order valence-corrected chi connectivity index (χ0v) is 12.8. The first-order valence-electron chi connectivity index (χ1n) is 6.94. The molecule has 1 saturated heterocycles. The number of carboxylic acid groups (broad SMARTS) is 1. The summed E-state index contributed by atoms with van der Waals surface area (Å²) in [5, 5.41) is 13.3. The van der Waals surface area contributed by atoms with Crippen molar-refractivity contribution in [3.05, 3.63) is 46.5 Å². The number of hydrogen-bond acceptors (Lipinski definition) is 5. The Bertz CT molecular complexity index is 701. The molecule has 2 aromatic rings. The Kier molecular flexibility index (Phi) is 3.89. The van der Waals surface area contributed by atoms with Crippen molar-refractivity contribution >= 4 is 23.4 Å². The van der Waals surface area contributed by atoms with Crippen LogP contribution in [0, 0.1) is 12.8 Å². The second kappa shape index (κ2) is 5.84. The molecule has 0 radical (unpaired) electrons. The maximum atomic E-state index is 12.5. The fraction of sp³-hybridized carbons (Fsp3) is 0.333. The maximum Gasteiger partial charge on any atom is 0.308 e. The van der Waals surface area contributed by atoms with Crippen molar-refractivity contribution in [2.45, 2.75) is 12.8 Å². The topological polar surface area (TPSA) is 83.4 Å². The van der Waals surface area contributed by atoms with Gasteiger partial charge in [-0.2, -0.15) is 0 Å². The molecule has 1 aliphatic heterocycles. The minimum absolute atomic E-state index is 0.183. The summed E-state index contributed by atoms with van der Waals surface area (Å²) in [5.74, 6) is -1.84. The van der Waals surface area contributed by atoms with E-state index in [0.29, 0.717) is 17.1 Å². The van der Waals surface area contributed by atoms with Crippen LogP contribution in [0.5, 0.6) is 0 Å². The summed E-state index contributed by atoms with van der Waals surface area (Å²) < 4.78 is 3.77. The molecule has 1 amide bonds. The quantitative estimate of drug-likeness (QED) is 0.933. The van der Waals surface area contributed by atoms with E-state index >= 15 is 0 Å². The summed E-state index contributed by atoms with van der Waals surface area (Å²) in [4.78, 5) is 26.2. The number of aliphatic carboxylic acids is 1. The van der Waals surface area contributed by atoms with Gasteiger partial charge >= 0.3 is 5.97 Å². The highest BCUT2D eigenvalue weighted by molar-refractivity contribution is 7.07. The number of carbonyl (C=O) groups excluding carboxylic acids is 1. The fourth-order valence-electron chi connectivity index (χ4n) is 2.83. The van der Waals surface area contributed by atoms with Gasteiger partial charge in [-0.25, -0.2) is 0 Å². The first-order chi connectivity index (χ1) is 10.6. The lowest BCUT2D eigenvalue weighted by atomic mass is 9.89. The van der Waals surface area contributed by atoms with Crippen molar-refractivity contribution in [3.63, 3.8) is 0 Å². The SMILES string of the molecule is Cc1nnsc1C(=O)N1C[C@H](C(=O)O)[C@H](c2ccccc2)C1. The van der Waals surface area contributed by atoms with E-state index in [-0.39, 0.29) is 18.4 Å². The number of carboxylic acids is 1. The molecule has 1 fully saturated rings. The minimum Gasteiger partial charge on any atom is -0.481 e. The molecule has 2 heterocycles. The van der Waals surface area contributed by atoms with Crippen LogP contribution in [-0.4, -0.2) is 44.6 Å². The van der Waals surface area contributed by atoms with Crippen LogP contribution in [0.2, 0.25) is 0 Å². The Balaban J connectivity index is 1.86. The monoisotopic (exact) mass is 317 g/mol. The fourth-order valence-corrected chi connectivity index (χ4v) is 3.45. The van der Waals surface area contributed by atoms with Crippen LogP contribution < -0.4 is 0 Å². The van der Waals surface area contributed by atoms with Crippen LogP contribution in [0.4, 0.5) is 0 Å². The van der Waals surface area contributed by atoms with E-state index in [9.17, 15) is 14.7 Å². The van der Waals surface area contributed by atoms with E-state index in [4.69, 9.17) is 0 Å². The number of carbonyl (C=O) groups is 2. The smallest absolute Gasteiger partial charge is 0.308 e. The number of likely N-dealkylation sites (tertiary alicyclic amines) is 1. The average molecular weight is 317 g/mol. The van der Waals surface area contributed by atoms with E-state index in [1.165, 1.54) is 0 Å². The molecule has 1 aromatic heterocycles. The second-order valence-corrected chi connectivity index (χ2v) is 6.11. The normalized spacial score (nSPS) is 21.0. The van der Waals surface area contributed by atoms with Crippen molar-refractivity contribution < 1.29 is 14.7 Å². The van der Waals surface area contributed by atoms with Gasteiger partial charge in [-0.1, -0.05) is 34.8 Å². The molecule has 7 heteroatoms. The lowest BCUT2D eigenvalue weighted by Gasteiger charge is -2.15. The maximum absolute atomic E-state index is 12.5. The van der Waals surface area contributed by atoms with Crippen LogP contribution in [0.15, 0.2) is 30.3 Å². The summed E-state index contributed by atoms with van der Waals surface area (Å²) in [6.07, 6.45) is 0. The highest BCUT2D eigenvalue weighted by Gasteiger charge is 2.41. The van der Waals surface area contributed by atoms with Crippen LogP contribution in [0.1, 0.15) is 26.8 Å². The van der Waals surface area contributed by atoms with Crippen molar-refractivity contribution in [1.82, 2.24) is 14.5 Å². The summed E-state index contributed by atoms with van der Waals surface area (Å²) >= 11 is 1.05. The standard InChI is InChI=1S/C15H15N3O3S/c1-9-13(22-17-16-9)14(19)18-7-11(12(8-18)15(20)21)10-5-3-2-4-6-10/h2-6,11-12H,7-8H2,1H3,(H,20,21)/t11-,12-/m0/s1. The molecule has 0 aliphatic carbocycles. The molecule has 1 aromatic carbocycles. The molecule has 2 atom stereocenters. The molecule has 0 unspecified atom stereocenters. The summed E-state index contributed by atoms with van der Waals surface area (Å²) in [7, 11) is 0. The van der Waals surface area contributed by atoms with Crippen molar-refractivity contribution in [1.29, 1.82) is 0 Å². The molecular weight excluding hydrogens is 302 g/mol. The van der Waals surface area contributed by atoms with Gasteiger partial charge in [0.2, 0.25) is 0 Å². The average Bonchev–Trinajstić information content (AvgIpc) is 3.14. The highest BCUT2D eigenvalue weighted by atomic mass is 32.1. The van der Waals surface area contributed by atoms with Gasteiger partial charge in [-0.3, -0.25) is 9.59 Å². The molecule has 0 spiro atoms. The van der Waals surface area contributed by atoms with Gasteiger partial charge in [0.1, 0.15) is 4.88 Å². The third-order valence-electron chi connectivity index (χ3n) is 4.00. The number of benzene rings is 1. The molecular formula is C15H15N3O3S. The van der Waals surface area contributed by atoms with Gasteiger partial charge in [0, 0.05) is 19.0 Å². The number of amides is 1. The molecule has 1 N–H and O–H groups in total. The first-order valence-corrected chi connectivity index (χ1v) is 7.71. The first kappa shape index (κ1) is 14.6. The van der Waals surface area contributed by atoms with Crippen molar-refractivity contribution in [2.24, 2.45) is 5.92 Å². The Morgan fingerprint density at radius 3 is 2.59 bits per heavy atom. The van der Waals surface area contributed by atoms with Gasteiger partial charge in [0.25, 0.3) is 5.91 Å². The third kappa shape index (κ3) is 2.59. The predicted molar refractivity (Wildman–Crippen MR) is 80.9 cm³/mol. The van der Waals surface area contributed by atoms with Gasteiger partial charge < -0.3 is 10.0 Å². The van der Waals surface area contributed by atoms with E-state index < -0.39 is 11.9 Å². The molecule has 6 nitrogen and oxygen atoms in total. The van der Waals surface area contributed by atoms with E-state index in [1.807, 2.05) is 30.3 Å². The largest absolute Gasteiger partial charge is 0.481 e. The predicted octanol–water partition coefficient (Wildman–Crippen LogP) is 1.79. The van der Waals surface area contributed by atoms with Crippen LogP contribution >= 0.6 is 11.5 Å². The zero-order chi connectivity index (χ0) is 15.7. The molecule has 22 heavy (non-hydrogen) atoms. The molecule has 0 bridgehead atoms. The molecule has 3 rings (SSSR count). The number of aromatic nitrogens is 2. The highest BCUT2D eigenvalue weighted by Crippen LogP contribution is 2.34. The molecule has 0 saturated carbocycles. The Morgan fingerprint density at radius 2 is 2.00 bits per heavy atom. The second-order valence-electron chi connectivity index (χ2n) is 5.36. The van der Waals surface area contributed by atoms with E-state index in [0.717, 1.165) is 17.1 Å². The number of hydrogen-bond donors (Lipinski definition) is 1. The van der Waals surface area contributed by atoms with Crippen LogP contribution in [-0.2, 0) is 4.79 Å². The lowest BCUT2D eigenvalue weighted by molar-refractivity contribution is -0.141. The van der Waals surface area contributed by atoms with Crippen molar-refractivity contribution in [2.75, 3.05) is 13.1 Å².